The molecule has 0 fully saturated rings. The Morgan fingerprint density at radius 2 is 2.22 bits per heavy atom. The van der Waals surface area contributed by atoms with Crippen LogP contribution in [0.1, 0.15) is 29.5 Å². The van der Waals surface area contributed by atoms with Gasteiger partial charge in [-0.15, -0.1) is 0 Å². The van der Waals surface area contributed by atoms with Crippen molar-refractivity contribution < 1.29 is 9.53 Å². The molecule has 1 aromatic rings. The Morgan fingerprint density at radius 1 is 1.56 bits per heavy atom. The smallest absolute Gasteiger partial charge is 0.274 e. The molecule has 102 valence electrons. The molecule has 1 amide bonds. The lowest BCUT2D eigenvalue weighted by Crippen LogP contribution is -2.30. The van der Waals surface area contributed by atoms with E-state index in [9.17, 15) is 4.79 Å². The van der Waals surface area contributed by atoms with E-state index in [4.69, 9.17) is 10.5 Å². The number of methoxy groups -OCH3 is 1. The van der Waals surface area contributed by atoms with Gasteiger partial charge in [-0.05, 0) is 12.8 Å². The van der Waals surface area contributed by atoms with Crippen LogP contribution in [0.25, 0.3) is 0 Å². The first-order valence-corrected chi connectivity index (χ1v) is 6.08. The summed E-state index contributed by atoms with van der Waals surface area (Å²) in [5.41, 5.74) is 7.68. The lowest BCUT2D eigenvalue weighted by molar-refractivity contribution is 0.0769. The average molecular weight is 254 g/mol. The number of anilines is 1. The highest BCUT2D eigenvalue weighted by Gasteiger charge is 2.21. The number of carbonyl (C=O) groups is 1. The maximum atomic E-state index is 12.3. The SMILES string of the molecule is CCc1nn(C)c(C(=O)N(C)CCCOC)c1N. The van der Waals surface area contributed by atoms with Crippen molar-refractivity contribution in [3.8, 4) is 0 Å². The van der Waals surface area contributed by atoms with Crippen LogP contribution in [-0.2, 0) is 18.2 Å². The molecule has 1 heterocycles. The van der Waals surface area contributed by atoms with E-state index in [0.717, 1.165) is 18.5 Å². The van der Waals surface area contributed by atoms with Gasteiger partial charge in [-0.2, -0.15) is 5.10 Å². The molecule has 1 aromatic heterocycles. The van der Waals surface area contributed by atoms with Crippen LogP contribution < -0.4 is 5.73 Å². The first kappa shape index (κ1) is 14.5. The van der Waals surface area contributed by atoms with Gasteiger partial charge in [-0.3, -0.25) is 9.48 Å². The summed E-state index contributed by atoms with van der Waals surface area (Å²) in [6.07, 6.45) is 1.53. The maximum absolute atomic E-state index is 12.3. The molecule has 0 aliphatic rings. The van der Waals surface area contributed by atoms with E-state index in [1.165, 1.54) is 0 Å². The molecule has 18 heavy (non-hydrogen) atoms. The predicted octanol–water partition coefficient (Wildman–Crippen LogP) is 0.673. The molecular formula is C12H22N4O2. The maximum Gasteiger partial charge on any atom is 0.274 e. The number of nitrogens with two attached hydrogens (primary N) is 1. The highest BCUT2D eigenvalue weighted by atomic mass is 16.5. The summed E-state index contributed by atoms with van der Waals surface area (Å²) in [6, 6.07) is 0. The molecule has 0 atom stereocenters. The van der Waals surface area contributed by atoms with Gasteiger partial charge in [-0.25, -0.2) is 0 Å². The van der Waals surface area contributed by atoms with E-state index >= 15 is 0 Å². The van der Waals surface area contributed by atoms with Gasteiger partial charge in [-0.1, -0.05) is 6.92 Å². The van der Waals surface area contributed by atoms with Crippen LogP contribution in [0.4, 0.5) is 5.69 Å². The molecule has 0 saturated heterocycles. The van der Waals surface area contributed by atoms with Crippen molar-refractivity contribution in [1.82, 2.24) is 14.7 Å². The van der Waals surface area contributed by atoms with Gasteiger partial charge in [0.15, 0.2) is 0 Å². The van der Waals surface area contributed by atoms with Gasteiger partial charge in [0.25, 0.3) is 5.91 Å². The monoisotopic (exact) mass is 254 g/mol. The van der Waals surface area contributed by atoms with Crippen molar-refractivity contribution in [1.29, 1.82) is 0 Å². The van der Waals surface area contributed by atoms with Crippen LogP contribution >= 0.6 is 0 Å². The third kappa shape index (κ3) is 3.01. The molecule has 0 aliphatic heterocycles. The van der Waals surface area contributed by atoms with Crippen LogP contribution in [0.15, 0.2) is 0 Å². The summed E-state index contributed by atoms with van der Waals surface area (Å²) in [4.78, 5) is 13.9. The minimum Gasteiger partial charge on any atom is -0.395 e. The minimum atomic E-state index is -0.0988. The van der Waals surface area contributed by atoms with Crippen LogP contribution in [0.3, 0.4) is 0 Å². The number of hydrogen-bond acceptors (Lipinski definition) is 4. The Labute approximate surface area is 108 Å². The van der Waals surface area contributed by atoms with E-state index in [0.29, 0.717) is 24.5 Å². The molecule has 0 aliphatic carbocycles. The van der Waals surface area contributed by atoms with Gasteiger partial charge in [0.1, 0.15) is 5.69 Å². The lowest BCUT2D eigenvalue weighted by atomic mass is 10.2. The highest BCUT2D eigenvalue weighted by Crippen LogP contribution is 2.18. The van der Waals surface area contributed by atoms with Crippen molar-refractivity contribution in [2.75, 3.05) is 33.0 Å². The minimum absolute atomic E-state index is 0.0988. The Bertz CT molecular complexity index is 414. The van der Waals surface area contributed by atoms with Crippen molar-refractivity contribution in [3.63, 3.8) is 0 Å². The molecule has 6 nitrogen and oxygen atoms in total. The summed E-state index contributed by atoms with van der Waals surface area (Å²) >= 11 is 0. The Balaban J connectivity index is 2.80. The van der Waals surface area contributed by atoms with Gasteiger partial charge in [0.2, 0.25) is 0 Å². The lowest BCUT2D eigenvalue weighted by Gasteiger charge is -2.17. The first-order chi connectivity index (χ1) is 8.52. The molecule has 0 unspecified atom stereocenters. The quantitative estimate of drug-likeness (QED) is 0.757. The fraction of sp³-hybridized carbons (Fsp3) is 0.667. The Kier molecular flexibility index (Phi) is 5.15. The Morgan fingerprint density at radius 3 is 2.72 bits per heavy atom. The van der Waals surface area contributed by atoms with Gasteiger partial charge in [0.05, 0.1) is 11.4 Å². The van der Waals surface area contributed by atoms with Gasteiger partial charge >= 0.3 is 0 Å². The van der Waals surface area contributed by atoms with Crippen molar-refractivity contribution in [2.45, 2.75) is 19.8 Å². The van der Waals surface area contributed by atoms with Crippen molar-refractivity contribution >= 4 is 11.6 Å². The van der Waals surface area contributed by atoms with Crippen molar-refractivity contribution in [3.05, 3.63) is 11.4 Å². The van der Waals surface area contributed by atoms with Crippen LogP contribution in [0.2, 0.25) is 0 Å². The summed E-state index contributed by atoms with van der Waals surface area (Å²) in [7, 11) is 5.15. The molecule has 1 rings (SSSR count). The third-order valence-corrected chi connectivity index (χ3v) is 2.89. The second-order valence-corrected chi connectivity index (χ2v) is 4.26. The molecule has 6 heteroatoms. The topological polar surface area (TPSA) is 73.4 Å². The number of hydrogen-bond donors (Lipinski definition) is 1. The fourth-order valence-electron chi connectivity index (χ4n) is 1.84. The van der Waals surface area contributed by atoms with Gasteiger partial charge < -0.3 is 15.4 Å². The second-order valence-electron chi connectivity index (χ2n) is 4.26. The normalized spacial score (nSPS) is 10.7. The molecular weight excluding hydrogens is 232 g/mol. The standard InChI is InChI=1S/C12H22N4O2/c1-5-9-10(13)11(16(3)14-9)12(17)15(2)7-6-8-18-4/h5-8,13H2,1-4H3. The van der Waals surface area contributed by atoms with E-state index in [-0.39, 0.29) is 5.91 Å². The van der Waals surface area contributed by atoms with Crippen LogP contribution in [0.5, 0.6) is 0 Å². The largest absolute Gasteiger partial charge is 0.395 e. The van der Waals surface area contributed by atoms with Crippen LogP contribution in [0, 0.1) is 0 Å². The number of aryl methyl sites for hydroxylation is 2. The number of nitrogens with zero attached hydrogens (tertiary/aromatic N) is 3. The first-order valence-electron chi connectivity index (χ1n) is 6.08. The molecule has 0 radical (unpaired) electrons. The molecule has 0 saturated carbocycles. The predicted molar refractivity (Wildman–Crippen MR) is 70.5 cm³/mol. The number of aromatic nitrogens is 2. The van der Waals surface area contributed by atoms with Crippen molar-refractivity contribution in [2.24, 2.45) is 7.05 Å². The zero-order chi connectivity index (χ0) is 13.7. The van der Waals surface area contributed by atoms with E-state index in [2.05, 4.69) is 5.10 Å². The number of carbonyl (C=O) groups excluding carboxylic acids is 1. The molecule has 0 bridgehead atoms. The third-order valence-electron chi connectivity index (χ3n) is 2.89. The van der Waals surface area contributed by atoms with Gasteiger partial charge in [0, 0.05) is 34.4 Å². The molecule has 2 N–H and O–H groups in total. The average Bonchev–Trinajstić information content (AvgIpc) is 2.63. The number of ether oxygens (including phenoxy) is 1. The number of rotatable bonds is 6. The zero-order valence-corrected chi connectivity index (χ0v) is 11.6. The highest BCUT2D eigenvalue weighted by molar-refractivity contribution is 5.97. The summed E-state index contributed by atoms with van der Waals surface area (Å²) in [5.74, 6) is -0.0988. The Hall–Kier alpha value is -1.56. The van der Waals surface area contributed by atoms with E-state index in [1.54, 1.807) is 30.8 Å². The fourth-order valence-corrected chi connectivity index (χ4v) is 1.84. The van der Waals surface area contributed by atoms with E-state index in [1.807, 2.05) is 6.92 Å². The number of nitrogen functional groups attached to an aromatic ring is 1. The zero-order valence-electron chi connectivity index (χ0n) is 11.6. The molecule has 0 spiro atoms. The van der Waals surface area contributed by atoms with Crippen LogP contribution in [-0.4, -0.2) is 47.9 Å². The number of amides is 1. The molecule has 0 aromatic carbocycles. The summed E-state index contributed by atoms with van der Waals surface area (Å²) in [5, 5.41) is 4.25. The second kappa shape index (κ2) is 6.39. The summed E-state index contributed by atoms with van der Waals surface area (Å²) < 4.78 is 6.53. The summed E-state index contributed by atoms with van der Waals surface area (Å²) in [6.45, 7) is 3.24. The van der Waals surface area contributed by atoms with E-state index < -0.39 is 0 Å².